The summed E-state index contributed by atoms with van der Waals surface area (Å²) in [5.41, 5.74) is -2.74. The Morgan fingerprint density at radius 1 is 0.739 bits per heavy atom. The summed E-state index contributed by atoms with van der Waals surface area (Å²) in [6.07, 6.45) is 3.60. The average molecular weight is 336 g/mol. The topological polar surface area (TPSA) is 169 Å². The zero-order chi connectivity index (χ0) is 18.5. The van der Waals surface area contributed by atoms with Crippen molar-refractivity contribution in [2.24, 2.45) is 0 Å². The van der Waals surface area contributed by atoms with E-state index in [1.807, 2.05) is 0 Å². The fourth-order valence-electron chi connectivity index (χ4n) is 1.59. The minimum absolute atomic E-state index is 0.337. The van der Waals surface area contributed by atoms with Crippen molar-refractivity contribution >= 4 is 23.9 Å². The summed E-state index contributed by atoms with van der Waals surface area (Å²) in [4.78, 5) is 40.5. The molecular formula is C14H24O9. The van der Waals surface area contributed by atoms with Gasteiger partial charge in [-0.15, -0.1) is 0 Å². The number of hydrogen-bond acceptors (Lipinski definition) is 5. The molecule has 0 spiro atoms. The monoisotopic (exact) mass is 336 g/mol. The van der Waals surface area contributed by atoms with Gasteiger partial charge in [0.15, 0.2) is 5.60 Å². The lowest BCUT2D eigenvalue weighted by atomic mass is 9.96. The van der Waals surface area contributed by atoms with Crippen molar-refractivity contribution in [1.29, 1.82) is 0 Å². The molecule has 0 saturated carbocycles. The Bertz CT molecular complexity index is 387. The molecule has 0 aliphatic heterocycles. The Kier molecular flexibility index (Phi) is 12.5. The molecule has 0 amide bonds. The van der Waals surface area contributed by atoms with E-state index >= 15 is 0 Å². The lowest BCUT2D eigenvalue weighted by Gasteiger charge is -2.18. The number of carbonyl (C=O) groups is 4. The van der Waals surface area contributed by atoms with Gasteiger partial charge >= 0.3 is 23.9 Å². The standard InChI is InChI=1S/C8H16O2.C6H8O7/c1-2-3-4-5-6-7-8(9)10;7-3(8)1-6(13,5(11)12)2-4(9)10/h2-7H2,1H3,(H,9,10);13H,1-2H2,(H,7,8)(H,9,10)(H,11,12). The van der Waals surface area contributed by atoms with Crippen LogP contribution in [-0.4, -0.2) is 55.0 Å². The van der Waals surface area contributed by atoms with Crippen molar-refractivity contribution in [3.05, 3.63) is 0 Å². The predicted molar refractivity (Wildman–Crippen MR) is 78.1 cm³/mol. The summed E-state index contributed by atoms with van der Waals surface area (Å²) >= 11 is 0. The first-order valence-electron chi connectivity index (χ1n) is 7.16. The molecule has 9 nitrogen and oxygen atoms in total. The predicted octanol–water partition coefficient (Wildman–Crippen LogP) is 1.18. The van der Waals surface area contributed by atoms with E-state index in [2.05, 4.69) is 6.92 Å². The number of rotatable bonds is 11. The first-order chi connectivity index (χ1) is 10.5. The molecule has 0 radical (unpaired) electrons. The Hall–Kier alpha value is -2.16. The maximum atomic E-state index is 10.3. The van der Waals surface area contributed by atoms with Crippen LogP contribution in [0.25, 0.3) is 0 Å². The van der Waals surface area contributed by atoms with Crippen LogP contribution in [0.15, 0.2) is 0 Å². The van der Waals surface area contributed by atoms with Crippen molar-refractivity contribution in [3.8, 4) is 0 Å². The zero-order valence-corrected chi connectivity index (χ0v) is 13.0. The highest BCUT2D eigenvalue weighted by Gasteiger charge is 2.40. The Balaban J connectivity index is 0. The summed E-state index contributed by atoms with van der Waals surface area (Å²) < 4.78 is 0. The molecule has 0 bridgehead atoms. The molecule has 134 valence electrons. The second-order valence-corrected chi connectivity index (χ2v) is 5.04. The maximum Gasteiger partial charge on any atom is 0.336 e. The molecular weight excluding hydrogens is 312 g/mol. The highest BCUT2D eigenvalue weighted by molar-refractivity contribution is 5.88. The van der Waals surface area contributed by atoms with Gasteiger partial charge in [0.1, 0.15) is 0 Å². The summed E-state index contributed by atoms with van der Waals surface area (Å²) in [6.45, 7) is 2.15. The van der Waals surface area contributed by atoms with Gasteiger partial charge in [-0.2, -0.15) is 0 Å². The largest absolute Gasteiger partial charge is 0.481 e. The van der Waals surface area contributed by atoms with Crippen LogP contribution in [0.5, 0.6) is 0 Å². The van der Waals surface area contributed by atoms with Crippen LogP contribution in [0.1, 0.15) is 58.3 Å². The first-order valence-corrected chi connectivity index (χ1v) is 7.16. The molecule has 0 aliphatic carbocycles. The third kappa shape index (κ3) is 14.5. The van der Waals surface area contributed by atoms with Gasteiger partial charge in [-0.05, 0) is 6.42 Å². The first kappa shape index (κ1) is 23.1. The summed E-state index contributed by atoms with van der Waals surface area (Å²) in [5, 5.41) is 42.1. The minimum Gasteiger partial charge on any atom is -0.481 e. The molecule has 0 unspecified atom stereocenters. The second-order valence-electron chi connectivity index (χ2n) is 5.04. The zero-order valence-electron chi connectivity index (χ0n) is 13.0. The van der Waals surface area contributed by atoms with Gasteiger partial charge in [0.2, 0.25) is 0 Å². The third-order valence-electron chi connectivity index (χ3n) is 2.78. The number of aliphatic carboxylic acids is 4. The van der Waals surface area contributed by atoms with Gasteiger partial charge in [-0.3, -0.25) is 14.4 Å². The van der Waals surface area contributed by atoms with Crippen molar-refractivity contribution in [2.75, 3.05) is 0 Å². The smallest absolute Gasteiger partial charge is 0.336 e. The van der Waals surface area contributed by atoms with Crippen LogP contribution < -0.4 is 0 Å². The molecule has 0 aromatic rings. The molecule has 0 atom stereocenters. The van der Waals surface area contributed by atoms with Gasteiger partial charge in [0.25, 0.3) is 0 Å². The van der Waals surface area contributed by atoms with E-state index in [9.17, 15) is 19.2 Å². The molecule has 0 rings (SSSR count). The number of carboxylic acids is 4. The van der Waals surface area contributed by atoms with Gasteiger partial charge in [0.05, 0.1) is 12.8 Å². The molecule has 23 heavy (non-hydrogen) atoms. The average Bonchev–Trinajstić information content (AvgIpc) is 2.36. The van der Waals surface area contributed by atoms with Crippen molar-refractivity contribution in [1.82, 2.24) is 0 Å². The van der Waals surface area contributed by atoms with Crippen molar-refractivity contribution in [3.63, 3.8) is 0 Å². The van der Waals surface area contributed by atoms with Crippen LogP contribution in [-0.2, 0) is 19.2 Å². The van der Waals surface area contributed by atoms with Crippen molar-refractivity contribution in [2.45, 2.75) is 63.9 Å². The SMILES string of the molecule is CCCCCCCC(=O)O.O=C(O)CC(O)(CC(=O)O)C(=O)O. The quantitative estimate of drug-likeness (QED) is 0.348. The normalized spacial score (nSPS) is 10.3. The van der Waals surface area contributed by atoms with Crippen LogP contribution in [0.3, 0.4) is 0 Å². The summed E-state index contributed by atoms with van der Waals surface area (Å²) in [5.74, 6) is -5.69. The van der Waals surface area contributed by atoms with E-state index in [1.54, 1.807) is 0 Å². The van der Waals surface area contributed by atoms with Crippen LogP contribution in [0.4, 0.5) is 0 Å². The van der Waals surface area contributed by atoms with E-state index in [1.165, 1.54) is 19.3 Å². The lowest BCUT2D eigenvalue weighted by molar-refractivity contribution is -0.170. The summed E-state index contributed by atoms with van der Waals surface area (Å²) in [6, 6.07) is 0. The fourth-order valence-corrected chi connectivity index (χ4v) is 1.59. The van der Waals surface area contributed by atoms with Crippen LogP contribution >= 0.6 is 0 Å². The Morgan fingerprint density at radius 2 is 1.17 bits per heavy atom. The second kappa shape index (κ2) is 12.4. The van der Waals surface area contributed by atoms with Gasteiger partial charge in [-0.1, -0.05) is 32.6 Å². The van der Waals surface area contributed by atoms with Gasteiger partial charge < -0.3 is 25.5 Å². The number of aliphatic hydroxyl groups is 1. The van der Waals surface area contributed by atoms with Crippen LogP contribution in [0.2, 0.25) is 0 Å². The molecule has 0 fully saturated rings. The minimum atomic E-state index is -2.74. The van der Waals surface area contributed by atoms with Crippen LogP contribution in [0, 0.1) is 0 Å². The molecule has 5 N–H and O–H groups in total. The molecule has 0 heterocycles. The third-order valence-corrected chi connectivity index (χ3v) is 2.78. The van der Waals surface area contributed by atoms with Gasteiger partial charge in [-0.25, -0.2) is 4.79 Å². The molecule has 0 aromatic carbocycles. The van der Waals surface area contributed by atoms with E-state index in [0.29, 0.717) is 6.42 Å². The molecule has 9 heteroatoms. The van der Waals surface area contributed by atoms with E-state index < -0.39 is 42.3 Å². The molecule has 0 saturated heterocycles. The van der Waals surface area contributed by atoms with Crippen molar-refractivity contribution < 1.29 is 44.7 Å². The maximum absolute atomic E-state index is 10.3. The van der Waals surface area contributed by atoms with E-state index in [-0.39, 0.29) is 0 Å². The lowest BCUT2D eigenvalue weighted by Crippen LogP contribution is -2.42. The number of hydrogen-bond donors (Lipinski definition) is 5. The Labute approximate surface area is 133 Å². The fraction of sp³-hybridized carbons (Fsp3) is 0.714. The Morgan fingerprint density at radius 3 is 1.48 bits per heavy atom. The van der Waals surface area contributed by atoms with E-state index in [4.69, 9.17) is 25.5 Å². The van der Waals surface area contributed by atoms with Gasteiger partial charge in [0, 0.05) is 6.42 Å². The summed E-state index contributed by atoms with van der Waals surface area (Å²) in [7, 11) is 0. The van der Waals surface area contributed by atoms with E-state index in [0.717, 1.165) is 12.8 Å². The highest BCUT2D eigenvalue weighted by atomic mass is 16.4. The number of unbranched alkanes of at least 4 members (excludes halogenated alkanes) is 4. The molecule has 0 aliphatic rings. The highest BCUT2D eigenvalue weighted by Crippen LogP contribution is 2.15. The molecule has 0 aromatic heterocycles. The number of carboxylic acid groups (broad SMARTS) is 4.